The number of hydrogen-bond donors (Lipinski definition) is 1. The zero-order valence-electron chi connectivity index (χ0n) is 12.6. The molecule has 1 aromatic heterocycles. The van der Waals surface area contributed by atoms with Crippen molar-refractivity contribution in [2.24, 2.45) is 5.73 Å². The predicted octanol–water partition coefficient (Wildman–Crippen LogP) is 1.22. The van der Waals surface area contributed by atoms with Crippen LogP contribution in [-0.2, 0) is 13.1 Å². The Balaban J connectivity index is 2.07. The van der Waals surface area contributed by atoms with E-state index in [-0.39, 0.29) is 0 Å². The molecule has 21 heavy (non-hydrogen) atoms. The van der Waals surface area contributed by atoms with Gasteiger partial charge in [0.1, 0.15) is 19.0 Å². The smallest absolute Gasteiger partial charge is 0.163 e. The fraction of sp³-hybridized carbons (Fsp3) is 0.533. The Morgan fingerprint density at radius 3 is 2.62 bits per heavy atom. The van der Waals surface area contributed by atoms with Gasteiger partial charge in [-0.15, -0.1) is 0 Å². The average Bonchev–Trinajstić information content (AvgIpc) is 2.78. The molecule has 0 fully saturated rings. The van der Waals surface area contributed by atoms with Gasteiger partial charge in [-0.3, -0.25) is 0 Å². The Bertz CT molecular complexity index is 636. The van der Waals surface area contributed by atoms with Crippen LogP contribution in [-0.4, -0.2) is 48.3 Å². The van der Waals surface area contributed by atoms with Gasteiger partial charge in [0, 0.05) is 18.7 Å². The molecule has 1 aromatic carbocycles. The normalized spacial score (nSPS) is 14.1. The first kappa shape index (κ1) is 14.2. The van der Waals surface area contributed by atoms with E-state index in [2.05, 4.69) is 9.47 Å². The SMILES string of the molecule is CN(C)Cc1nc2cc3c(cc2n1CCCN)OCCO3. The number of fused-ring (bicyclic) bond motifs is 2. The molecule has 0 aliphatic carbocycles. The number of imidazole rings is 1. The van der Waals surface area contributed by atoms with E-state index in [0.29, 0.717) is 19.8 Å². The van der Waals surface area contributed by atoms with Crippen molar-refractivity contribution in [2.45, 2.75) is 19.5 Å². The van der Waals surface area contributed by atoms with Crippen LogP contribution < -0.4 is 15.2 Å². The summed E-state index contributed by atoms with van der Waals surface area (Å²) in [4.78, 5) is 6.88. The van der Waals surface area contributed by atoms with Gasteiger partial charge in [0.25, 0.3) is 0 Å². The largest absolute Gasteiger partial charge is 0.486 e. The van der Waals surface area contributed by atoms with E-state index >= 15 is 0 Å². The molecule has 0 bridgehead atoms. The molecule has 3 rings (SSSR count). The number of rotatable bonds is 5. The number of benzene rings is 1. The van der Waals surface area contributed by atoms with Crippen LogP contribution in [0.5, 0.6) is 11.5 Å². The number of ether oxygens (including phenoxy) is 2. The first-order valence-corrected chi connectivity index (χ1v) is 7.32. The summed E-state index contributed by atoms with van der Waals surface area (Å²) in [5.74, 6) is 2.64. The molecule has 0 radical (unpaired) electrons. The second-order valence-corrected chi connectivity index (χ2v) is 5.54. The van der Waals surface area contributed by atoms with E-state index in [9.17, 15) is 0 Å². The van der Waals surface area contributed by atoms with Crippen LogP contribution in [0.2, 0.25) is 0 Å². The molecule has 0 amide bonds. The van der Waals surface area contributed by atoms with Crippen LogP contribution in [0.4, 0.5) is 0 Å². The maximum Gasteiger partial charge on any atom is 0.163 e. The molecule has 0 saturated carbocycles. The van der Waals surface area contributed by atoms with E-state index in [4.69, 9.17) is 20.2 Å². The monoisotopic (exact) mass is 290 g/mol. The van der Waals surface area contributed by atoms with Crippen molar-refractivity contribution in [3.8, 4) is 11.5 Å². The molecule has 114 valence electrons. The zero-order valence-corrected chi connectivity index (χ0v) is 12.6. The summed E-state index contributed by atoms with van der Waals surface area (Å²) in [6.07, 6.45) is 0.931. The number of aryl methyl sites for hydroxylation is 1. The highest BCUT2D eigenvalue weighted by Gasteiger charge is 2.18. The first-order chi connectivity index (χ1) is 10.2. The number of nitrogens with zero attached hydrogens (tertiary/aromatic N) is 3. The molecule has 0 spiro atoms. The number of aromatic nitrogens is 2. The molecule has 2 aromatic rings. The van der Waals surface area contributed by atoms with Crippen LogP contribution in [0.3, 0.4) is 0 Å². The van der Waals surface area contributed by atoms with E-state index in [1.165, 1.54) is 0 Å². The summed E-state index contributed by atoms with van der Waals surface area (Å²) >= 11 is 0. The van der Waals surface area contributed by atoms with Crippen molar-refractivity contribution in [1.82, 2.24) is 14.5 Å². The molecule has 2 N–H and O–H groups in total. The van der Waals surface area contributed by atoms with Gasteiger partial charge in [0.15, 0.2) is 11.5 Å². The van der Waals surface area contributed by atoms with Gasteiger partial charge in [0.2, 0.25) is 0 Å². The molecule has 0 unspecified atom stereocenters. The predicted molar refractivity (Wildman–Crippen MR) is 81.8 cm³/mol. The lowest BCUT2D eigenvalue weighted by Gasteiger charge is -2.18. The second kappa shape index (κ2) is 5.91. The van der Waals surface area contributed by atoms with E-state index < -0.39 is 0 Å². The Hall–Kier alpha value is -1.79. The summed E-state index contributed by atoms with van der Waals surface area (Å²) in [6, 6.07) is 4.01. The van der Waals surface area contributed by atoms with Crippen molar-refractivity contribution in [3.05, 3.63) is 18.0 Å². The summed E-state index contributed by atoms with van der Waals surface area (Å²) in [7, 11) is 4.09. The molecule has 2 heterocycles. The summed E-state index contributed by atoms with van der Waals surface area (Å²) in [6.45, 7) is 3.53. The standard InChI is InChI=1S/C15H22N4O2/c1-18(2)10-15-17-11-8-13-14(21-7-6-20-13)9-12(11)19(15)5-3-4-16/h8-9H,3-7,10,16H2,1-2H3. The van der Waals surface area contributed by atoms with Gasteiger partial charge in [-0.1, -0.05) is 0 Å². The lowest BCUT2D eigenvalue weighted by atomic mass is 10.2. The van der Waals surface area contributed by atoms with E-state index in [1.54, 1.807) is 0 Å². The second-order valence-electron chi connectivity index (χ2n) is 5.54. The lowest BCUT2D eigenvalue weighted by molar-refractivity contribution is 0.172. The van der Waals surface area contributed by atoms with Gasteiger partial charge in [0.05, 0.1) is 17.6 Å². The Kier molecular flexibility index (Phi) is 3.98. The fourth-order valence-electron chi connectivity index (χ4n) is 2.61. The minimum Gasteiger partial charge on any atom is -0.486 e. The Labute approximate surface area is 124 Å². The lowest BCUT2D eigenvalue weighted by Crippen LogP contribution is -2.17. The molecular weight excluding hydrogens is 268 g/mol. The van der Waals surface area contributed by atoms with Crippen LogP contribution in [0, 0.1) is 0 Å². The van der Waals surface area contributed by atoms with Gasteiger partial charge in [-0.25, -0.2) is 4.98 Å². The van der Waals surface area contributed by atoms with Gasteiger partial charge in [-0.05, 0) is 27.1 Å². The molecule has 1 aliphatic rings. The molecule has 1 aliphatic heterocycles. The van der Waals surface area contributed by atoms with Crippen molar-refractivity contribution in [3.63, 3.8) is 0 Å². The van der Waals surface area contributed by atoms with E-state index in [1.807, 2.05) is 26.2 Å². The third-order valence-corrected chi connectivity index (χ3v) is 3.53. The molecular formula is C15H22N4O2. The topological polar surface area (TPSA) is 65.5 Å². The summed E-state index contributed by atoms with van der Waals surface area (Å²) in [5.41, 5.74) is 7.70. The minimum atomic E-state index is 0.594. The quantitative estimate of drug-likeness (QED) is 0.897. The molecule has 6 nitrogen and oxygen atoms in total. The van der Waals surface area contributed by atoms with Crippen LogP contribution in [0.1, 0.15) is 12.2 Å². The van der Waals surface area contributed by atoms with E-state index in [0.717, 1.165) is 47.9 Å². The van der Waals surface area contributed by atoms with Crippen LogP contribution in [0.15, 0.2) is 12.1 Å². The Morgan fingerprint density at radius 2 is 1.95 bits per heavy atom. The van der Waals surface area contributed by atoms with Crippen molar-refractivity contribution < 1.29 is 9.47 Å². The molecule has 6 heteroatoms. The number of hydrogen-bond acceptors (Lipinski definition) is 5. The highest BCUT2D eigenvalue weighted by Crippen LogP contribution is 2.34. The van der Waals surface area contributed by atoms with Crippen molar-refractivity contribution in [2.75, 3.05) is 33.9 Å². The number of nitrogens with two attached hydrogens (primary N) is 1. The van der Waals surface area contributed by atoms with Gasteiger partial charge < -0.3 is 24.7 Å². The summed E-state index contributed by atoms with van der Waals surface area (Å²) < 4.78 is 13.6. The highest BCUT2D eigenvalue weighted by molar-refractivity contribution is 5.80. The van der Waals surface area contributed by atoms with Crippen molar-refractivity contribution >= 4 is 11.0 Å². The highest BCUT2D eigenvalue weighted by atomic mass is 16.6. The molecule has 0 saturated heterocycles. The zero-order chi connectivity index (χ0) is 14.8. The third-order valence-electron chi connectivity index (χ3n) is 3.53. The Morgan fingerprint density at radius 1 is 1.24 bits per heavy atom. The van der Waals surface area contributed by atoms with Crippen molar-refractivity contribution in [1.29, 1.82) is 0 Å². The maximum absolute atomic E-state index is 5.68. The van der Waals surface area contributed by atoms with Crippen LogP contribution >= 0.6 is 0 Å². The first-order valence-electron chi connectivity index (χ1n) is 7.32. The average molecular weight is 290 g/mol. The van der Waals surface area contributed by atoms with Crippen LogP contribution in [0.25, 0.3) is 11.0 Å². The molecule has 0 atom stereocenters. The minimum absolute atomic E-state index is 0.594. The van der Waals surface area contributed by atoms with Gasteiger partial charge >= 0.3 is 0 Å². The van der Waals surface area contributed by atoms with Gasteiger partial charge in [-0.2, -0.15) is 0 Å². The maximum atomic E-state index is 5.68. The summed E-state index contributed by atoms with van der Waals surface area (Å²) in [5, 5.41) is 0. The fourth-order valence-corrected chi connectivity index (χ4v) is 2.61. The third kappa shape index (κ3) is 2.82.